The molecule has 0 aliphatic carbocycles. The van der Waals surface area contributed by atoms with E-state index in [1.807, 2.05) is 6.07 Å². The molecule has 0 atom stereocenters. The number of nitrogens with one attached hydrogen (secondary N) is 1. The molecule has 0 aliphatic rings. The summed E-state index contributed by atoms with van der Waals surface area (Å²) in [6, 6.07) is 13.1. The SMILES string of the molecule is CNCc1ccc([N+](=O)[O-])cc1C(=O)c1ccccc1. The first-order chi connectivity index (χ1) is 9.63. The number of carbonyl (C=O) groups excluding carboxylic acids is 1. The Hall–Kier alpha value is -2.53. The minimum absolute atomic E-state index is 0.0795. The molecule has 0 bridgehead atoms. The fourth-order valence-electron chi connectivity index (χ4n) is 1.98. The zero-order valence-corrected chi connectivity index (χ0v) is 11.0. The summed E-state index contributed by atoms with van der Waals surface area (Å²) in [7, 11) is 1.76. The Morgan fingerprint density at radius 3 is 2.50 bits per heavy atom. The van der Waals surface area contributed by atoms with Gasteiger partial charge in [-0.05, 0) is 12.6 Å². The maximum atomic E-state index is 12.5. The van der Waals surface area contributed by atoms with E-state index >= 15 is 0 Å². The molecule has 2 aromatic rings. The van der Waals surface area contributed by atoms with Crippen LogP contribution in [0.3, 0.4) is 0 Å². The molecule has 20 heavy (non-hydrogen) atoms. The summed E-state index contributed by atoms with van der Waals surface area (Å²) in [5.74, 6) is -0.209. The first-order valence-corrected chi connectivity index (χ1v) is 6.15. The third-order valence-electron chi connectivity index (χ3n) is 2.95. The summed E-state index contributed by atoms with van der Waals surface area (Å²) in [4.78, 5) is 22.8. The molecule has 0 aromatic heterocycles. The summed E-state index contributed by atoms with van der Waals surface area (Å²) in [5.41, 5.74) is 1.54. The zero-order valence-electron chi connectivity index (χ0n) is 11.0. The lowest BCUT2D eigenvalue weighted by Gasteiger charge is -2.08. The molecule has 2 aromatic carbocycles. The molecule has 0 heterocycles. The van der Waals surface area contributed by atoms with Crippen LogP contribution >= 0.6 is 0 Å². The standard InChI is InChI=1S/C15H14N2O3/c1-16-10-12-7-8-13(17(19)20)9-14(12)15(18)11-5-3-2-4-6-11/h2-9,16H,10H2,1H3. The summed E-state index contributed by atoms with van der Waals surface area (Å²) < 4.78 is 0. The number of nitro benzene ring substituents is 1. The highest BCUT2D eigenvalue weighted by Gasteiger charge is 2.17. The molecule has 0 saturated carbocycles. The van der Waals surface area contributed by atoms with Gasteiger partial charge in [0.15, 0.2) is 5.78 Å². The van der Waals surface area contributed by atoms with Gasteiger partial charge in [0.25, 0.3) is 5.69 Å². The Balaban J connectivity index is 2.49. The third kappa shape index (κ3) is 2.89. The van der Waals surface area contributed by atoms with Crippen LogP contribution in [-0.4, -0.2) is 17.8 Å². The van der Waals surface area contributed by atoms with E-state index in [1.165, 1.54) is 12.1 Å². The van der Waals surface area contributed by atoms with Crippen molar-refractivity contribution >= 4 is 11.5 Å². The molecule has 2 rings (SSSR count). The van der Waals surface area contributed by atoms with Crippen molar-refractivity contribution in [3.05, 3.63) is 75.3 Å². The summed E-state index contributed by atoms with van der Waals surface area (Å²) in [6.45, 7) is 0.478. The maximum absolute atomic E-state index is 12.5. The molecule has 0 fully saturated rings. The molecule has 0 saturated heterocycles. The monoisotopic (exact) mass is 270 g/mol. The van der Waals surface area contributed by atoms with Crippen LogP contribution < -0.4 is 5.32 Å². The van der Waals surface area contributed by atoms with E-state index in [2.05, 4.69) is 5.32 Å². The van der Waals surface area contributed by atoms with Crippen molar-refractivity contribution in [3.8, 4) is 0 Å². The van der Waals surface area contributed by atoms with Crippen LogP contribution in [0.2, 0.25) is 0 Å². The predicted molar refractivity (Wildman–Crippen MR) is 75.7 cm³/mol. The number of nitro groups is 1. The van der Waals surface area contributed by atoms with Crippen molar-refractivity contribution in [2.45, 2.75) is 6.54 Å². The van der Waals surface area contributed by atoms with Gasteiger partial charge in [-0.1, -0.05) is 36.4 Å². The van der Waals surface area contributed by atoms with Crippen molar-refractivity contribution in [1.82, 2.24) is 5.32 Å². The van der Waals surface area contributed by atoms with Crippen LogP contribution in [0.25, 0.3) is 0 Å². The van der Waals surface area contributed by atoms with E-state index in [9.17, 15) is 14.9 Å². The van der Waals surface area contributed by atoms with Crippen LogP contribution in [-0.2, 0) is 6.54 Å². The minimum atomic E-state index is -0.495. The lowest BCUT2D eigenvalue weighted by molar-refractivity contribution is -0.384. The normalized spacial score (nSPS) is 10.2. The van der Waals surface area contributed by atoms with Crippen molar-refractivity contribution in [2.75, 3.05) is 7.05 Å². The molecule has 1 N–H and O–H groups in total. The number of rotatable bonds is 5. The second kappa shape index (κ2) is 6.08. The number of ketones is 1. The summed E-state index contributed by atoms with van der Waals surface area (Å²) in [5, 5.41) is 13.8. The van der Waals surface area contributed by atoms with Gasteiger partial charge in [0.05, 0.1) is 4.92 Å². The van der Waals surface area contributed by atoms with Crippen molar-refractivity contribution in [1.29, 1.82) is 0 Å². The average molecular weight is 270 g/mol. The minimum Gasteiger partial charge on any atom is -0.316 e. The highest BCUT2D eigenvalue weighted by Crippen LogP contribution is 2.21. The van der Waals surface area contributed by atoms with Gasteiger partial charge in [-0.2, -0.15) is 0 Å². The Labute approximate surface area is 116 Å². The molecular weight excluding hydrogens is 256 g/mol. The average Bonchev–Trinajstić information content (AvgIpc) is 2.48. The third-order valence-corrected chi connectivity index (χ3v) is 2.95. The van der Waals surface area contributed by atoms with Crippen LogP contribution in [0.4, 0.5) is 5.69 Å². The van der Waals surface area contributed by atoms with Gasteiger partial charge < -0.3 is 5.32 Å². The molecule has 5 nitrogen and oxygen atoms in total. The molecule has 5 heteroatoms. The largest absolute Gasteiger partial charge is 0.316 e. The van der Waals surface area contributed by atoms with Gasteiger partial charge in [0.1, 0.15) is 0 Å². The topological polar surface area (TPSA) is 72.2 Å². The number of hydrogen-bond donors (Lipinski definition) is 1. The van der Waals surface area contributed by atoms with E-state index in [4.69, 9.17) is 0 Å². The smallest absolute Gasteiger partial charge is 0.270 e. The lowest BCUT2D eigenvalue weighted by Crippen LogP contribution is -2.12. The molecular formula is C15H14N2O3. The van der Waals surface area contributed by atoms with E-state index in [1.54, 1.807) is 37.4 Å². The Bertz CT molecular complexity index is 639. The Morgan fingerprint density at radius 1 is 1.20 bits per heavy atom. The maximum Gasteiger partial charge on any atom is 0.270 e. The van der Waals surface area contributed by atoms with Gasteiger partial charge in [-0.25, -0.2) is 0 Å². The van der Waals surface area contributed by atoms with Crippen LogP contribution in [0.1, 0.15) is 21.5 Å². The van der Waals surface area contributed by atoms with E-state index in [-0.39, 0.29) is 11.5 Å². The summed E-state index contributed by atoms with van der Waals surface area (Å²) >= 11 is 0. The molecule has 0 amide bonds. The van der Waals surface area contributed by atoms with Crippen molar-refractivity contribution < 1.29 is 9.72 Å². The number of carbonyl (C=O) groups is 1. The van der Waals surface area contributed by atoms with Gasteiger partial charge >= 0.3 is 0 Å². The number of non-ortho nitro benzene ring substituents is 1. The number of benzene rings is 2. The fourth-order valence-corrected chi connectivity index (χ4v) is 1.98. The van der Waals surface area contributed by atoms with Crippen molar-refractivity contribution in [2.24, 2.45) is 0 Å². The number of hydrogen-bond acceptors (Lipinski definition) is 4. The van der Waals surface area contributed by atoms with Crippen LogP contribution in [0.15, 0.2) is 48.5 Å². The molecule has 102 valence electrons. The predicted octanol–water partition coefficient (Wildman–Crippen LogP) is 2.55. The van der Waals surface area contributed by atoms with E-state index in [0.29, 0.717) is 17.7 Å². The van der Waals surface area contributed by atoms with Gasteiger partial charge in [-0.3, -0.25) is 14.9 Å². The van der Waals surface area contributed by atoms with Gasteiger partial charge in [-0.15, -0.1) is 0 Å². The van der Waals surface area contributed by atoms with E-state index in [0.717, 1.165) is 5.56 Å². The Morgan fingerprint density at radius 2 is 1.90 bits per heavy atom. The van der Waals surface area contributed by atoms with E-state index < -0.39 is 4.92 Å². The highest BCUT2D eigenvalue weighted by molar-refractivity contribution is 6.10. The quantitative estimate of drug-likeness (QED) is 0.515. The van der Waals surface area contributed by atoms with Gasteiger partial charge in [0.2, 0.25) is 0 Å². The first kappa shape index (κ1) is 13.9. The summed E-state index contributed by atoms with van der Waals surface area (Å²) in [6.07, 6.45) is 0. The fraction of sp³-hybridized carbons (Fsp3) is 0.133. The zero-order chi connectivity index (χ0) is 14.5. The molecule has 0 aliphatic heterocycles. The van der Waals surface area contributed by atoms with Crippen LogP contribution in [0.5, 0.6) is 0 Å². The van der Waals surface area contributed by atoms with Gasteiger partial charge in [0, 0.05) is 29.8 Å². The molecule has 0 spiro atoms. The molecule has 0 unspecified atom stereocenters. The second-order valence-corrected chi connectivity index (χ2v) is 4.32. The lowest BCUT2D eigenvalue weighted by atomic mass is 9.97. The number of nitrogens with zero attached hydrogens (tertiary/aromatic N) is 1. The molecule has 0 radical (unpaired) electrons. The Kier molecular flexibility index (Phi) is 4.22. The first-order valence-electron chi connectivity index (χ1n) is 6.15. The van der Waals surface area contributed by atoms with Crippen LogP contribution in [0, 0.1) is 10.1 Å². The van der Waals surface area contributed by atoms with Crippen molar-refractivity contribution in [3.63, 3.8) is 0 Å². The second-order valence-electron chi connectivity index (χ2n) is 4.32. The highest BCUT2D eigenvalue weighted by atomic mass is 16.6.